The summed E-state index contributed by atoms with van der Waals surface area (Å²) in [6, 6.07) is 27.8. The molecule has 3 nitrogen and oxygen atoms in total. The minimum Gasteiger partial charge on any atom is -0.497 e. The van der Waals surface area contributed by atoms with E-state index < -0.39 is 0 Å². The summed E-state index contributed by atoms with van der Waals surface area (Å²) in [6.07, 6.45) is 0. The van der Waals surface area contributed by atoms with E-state index >= 15 is 0 Å². The van der Waals surface area contributed by atoms with Crippen LogP contribution >= 0.6 is 11.8 Å². The maximum Gasteiger partial charge on any atom is 0.240 e. The van der Waals surface area contributed by atoms with E-state index in [0.717, 1.165) is 21.8 Å². The van der Waals surface area contributed by atoms with Crippen molar-refractivity contribution < 1.29 is 9.53 Å². The first-order valence-electron chi connectivity index (χ1n) is 8.82. The molecule has 0 saturated heterocycles. The molecule has 0 heterocycles. The van der Waals surface area contributed by atoms with Gasteiger partial charge in [0.15, 0.2) is 0 Å². The molecule has 0 spiro atoms. The molecule has 1 atom stereocenters. The number of rotatable bonds is 7. The predicted octanol–water partition coefficient (Wildman–Crippen LogP) is 5.19. The molecule has 0 aliphatic rings. The smallest absolute Gasteiger partial charge is 0.240 e. The highest BCUT2D eigenvalue weighted by Gasteiger charge is 2.25. The Labute approximate surface area is 165 Å². The number of ether oxygens (including phenoxy) is 1. The van der Waals surface area contributed by atoms with Crippen LogP contribution in [-0.4, -0.2) is 25.0 Å². The number of amides is 1. The van der Waals surface area contributed by atoms with Crippen LogP contribution in [0.15, 0.2) is 89.8 Å². The Morgan fingerprint density at radius 1 is 0.926 bits per heavy atom. The zero-order chi connectivity index (χ0) is 19.1. The van der Waals surface area contributed by atoms with E-state index in [9.17, 15) is 4.79 Å². The van der Waals surface area contributed by atoms with Crippen LogP contribution in [0.2, 0.25) is 0 Å². The Morgan fingerprint density at radius 3 is 2.11 bits per heavy atom. The zero-order valence-electron chi connectivity index (χ0n) is 15.5. The van der Waals surface area contributed by atoms with E-state index in [4.69, 9.17) is 4.74 Å². The van der Waals surface area contributed by atoms with Crippen molar-refractivity contribution in [3.63, 3.8) is 0 Å². The molecule has 0 bridgehead atoms. The average Bonchev–Trinajstić information content (AvgIpc) is 2.73. The largest absolute Gasteiger partial charge is 0.497 e. The highest BCUT2D eigenvalue weighted by molar-refractivity contribution is 8.00. The third-order valence-corrected chi connectivity index (χ3v) is 5.53. The Bertz CT molecular complexity index is 851. The number of thioether (sulfide) groups is 1. The Balaban J connectivity index is 1.78. The topological polar surface area (TPSA) is 29.5 Å². The van der Waals surface area contributed by atoms with Gasteiger partial charge in [0, 0.05) is 18.5 Å². The molecule has 3 aromatic rings. The number of hydrogen-bond acceptors (Lipinski definition) is 3. The first kappa shape index (κ1) is 19.1. The van der Waals surface area contributed by atoms with Gasteiger partial charge in [-0.05, 0) is 35.4 Å². The van der Waals surface area contributed by atoms with Crippen molar-refractivity contribution in [2.24, 2.45) is 0 Å². The lowest BCUT2D eigenvalue weighted by Crippen LogP contribution is -2.30. The summed E-state index contributed by atoms with van der Waals surface area (Å²) in [7, 11) is 3.50. The number of nitrogens with zero attached hydrogens (tertiary/aromatic N) is 1. The number of methoxy groups -OCH3 is 1. The van der Waals surface area contributed by atoms with Gasteiger partial charge in [0.1, 0.15) is 11.0 Å². The van der Waals surface area contributed by atoms with Gasteiger partial charge in [0.2, 0.25) is 5.91 Å². The van der Waals surface area contributed by atoms with Gasteiger partial charge >= 0.3 is 0 Å². The molecule has 27 heavy (non-hydrogen) atoms. The molecule has 1 unspecified atom stereocenters. The fraction of sp³-hybridized carbons (Fsp3) is 0.174. The average molecular weight is 378 g/mol. The van der Waals surface area contributed by atoms with Crippen molar-refractivity contribution in [1.29, 1.82) is 0 Å². The molecule has 3 aromatic carbocycles. The van der Waals surface area contributed by atoms with E-state index in [1.54, 1.807) is 23.8 Å². The molecule has 4 heteroatoms. The van der Waals surface area contributed by atoms with E-state index in [1.165, 1.54) is 0 Å². The van der Waals surface area contributed by atoms with E-state index in [0.29, 0.717) is 6.54 Å². The fourth-order valence-electron chi connectivity index (χ4n) is 2.81. The quantitative estimate of drug-likeness (QED) is 0.531. The van der Waals surface area contributed by atoms with Gasteiger partial charge in [0.05, 0.1) is 7.11 Å². The fourth-order valence-corrected chi connectivity index (χ4v) is 3.97. The first-order valence-corrected chi connectivity index (χ1v) is 9.70. The number of hydrogen-bond donors (Lipinski definition) is 0. The Hall–Kier alpha value is -2.72. The van der Waals surface area contributed by atoms with Crippen molar-refractivity contribution in [3.8, 4) is 5.75 Å². The summed E-state index contributed by atoms with van der Waals surface area (Å²) in [5.41, 5.74) is 2.08. The molecule has 1 amide bonds. The molecular weight excluding hydrogens is 354 g/mol. The highest BCUT2D eigenvalue weighted by atomic mass is 32.2. The van der Waals surface area contributed by atoms with Crippen LogP contribution in [0.1, 0.15) is 16.4 Å². The molecule has 0 aliphatic carbocycles. The lowest BCUT2D eigenvalue weighted by Gasteiger charge is -2.24. The predicted molar refractivity (Wildman–Crippen MR) is 111 cm³/mol. The number of carbonyl (C=O) groups is 1. The van der Waals surface area contributed by atoms with Gasteiger partial charge in [0.25, 0.3) is 0 Å². The van der Waals surface area contributed by atoms with E-state index in [2.05, 4.69) is 0 Å². The molecular formula is C23H23NO2S. The van der Waals surface area contributed by atoms with Gasteiger partial charge in [-0.25, -0.2) is 0 Å². The molecule has 0 radical (unpaired) electrons. The van der Waals surface area contributed by atoms with Crippen LogP contribution < -0.4 is 4.74 Å². The molecule has 3 rings (SSSR count). The Morgan fingerprint density at radius 2 is 1.52 bits per heavy atom. The summed E-state index contributed by atoms with van der Waals surface area (Å²) in [4.78, 5) is 16.1. The summed E-state index contributed by atoms with van der Waals surface area (Å²) in [5, 5.41) is -0.281. The second-order valence-corrected chi connectivity index (χ2v) is 7.44. The second-order valence-electron chi connectivity index (χ2n) is 6.26. The molecule has 0 aliphatic heterocycles. The highest BCUT2D eigenvalue weighted by Crippen LogP contribution is 2.36. The van der Waals surface area contributed by atoms with Gasteiger partial charge in [-0.15, -0.1) is 11.8 Å². The van der Waals surface area contributed by atoms with Gasteiger partial charge in [-0.2, -0.15) is 0 Å². The molecule has 0 N–H and O–H groups in total. The standard InChI is InChI=1S/C23H23NO2S/c1-24(17-18-13-15-20(26-2)16-14-18)23(25)22(19-9-5-3-6-10-19)27-21-11-7-4-8-12-21/h3-16,22H,17H2,1-2H3. The lowest BCUT2D eigenvalue weighted by atomic mass is 10.1. The van der Waals surface area contributed by atoms with E-state index in [-0.39, 0.29) is 11.2 Å². The van der Waals surface area contributed by atoms with Crippen molar-refractivity contribution in [1.82, 2.24) is 4.90 Å². The normalized spacial score (nSPS) is 11.6. The zero-order valence-corrected chi connectivity index (χ0v) is 16.4. The maximum absolute atomic E-state index is 13.3. The molecule has 138 valence electrons. The van der Waals surface area contributed by atoms with Crippen LogP contribution in [0.4, 0.5) is 0 Å². The monoisotopic (exact) mass is 377 g/mol. The summed E-state index contributed by atoms with van der Waals surface area (Å²) in [5.74, 6) is 0.903. The van der Waals surface area contributed by atoms with Crippen LogP contribution in [0, 0.1) is 0 Å². The number of carbonyl (C=O) groups excluding carboxylic acids is 1. The van der Waals surface area contributed by atoms with Crippen LogP contribution in [-0.2, 0) is 11.3 Å². The van der Waals surface area contributed by atoms with Crippen LogP contribution in [0.5, 0.6) is 5.75 Å². The van der Waals surface area contributed by atoms with Gasteiger partial charge in [-0.1, -0.05) is 60.7 Å². The van der Waals surface area contributed by atoms with E-state index in [1.807, 2.05) is 92.0 Å². The molecule has 0 fully saturated rings. The Kier molecular flexibility index (Phi) is 6.55. The van der Waals surface area contributed by atoms with Crippen molar-refractivity contribution in [3.05, 3.63) is 96.1 Å². The number of benzene rings is 3. The minimum absolute atomic E-state index is 0.0888. The molecule has 0 saturated carbocycles. The van der Waals surface area contributed by atoms with Crippen molar-refractivity contribution >= 4 is 17.7 Å². The van der Waals surface area contributed by atoms with Gasteiger partial charge in [-0.3, -0.25) is 4.79 Å². The molecule has 0 aromatic heterocycles. The van der Waals surface area contributed by atoms with Crippen LogP contribution in [0.25, 0.3) is 0 Å². The van der Waals surface area contributed by atoms with Crippen molar-refractivity contribution in [2.45, 2.75) is 16.7 Å². The summed E-state index contributed by atoms with van der Waals surface area (Å²) in [6.45, 7) is 0.557. The summed E-state index contributed by atoms with van der Waals surface area (Å²) >= 11 is 1.58. The lowest BCUT2D eigenvalue weighted by molar-refractivity contribution is -0.129. The number of likely N-dealkylation sites (N-methyl/N-ethyl adjacent to an activating group) is 1. The second kappa shape index (κ2) is 9.28. The SMILES string of the molecule is COc1ccc(CN(C)C(=O)C(Sc2ccccc2)c2ccccc2)cc1. The third-order valence-electron chi connectivity index (χ3n) is 4.28. The minimum atomic E-state index is -0.281. The first-order chi connectivity index (χ1) is 13.2. The van der Waals surface area contributed by atoms with Crippen molar-refractivity contribution in [2.75, 3.05) is 14.2 Å². The third kappa shape index (κ3) is 5.14. The maximum atomic E-state index is 13.3. The van der Waals surface area contributed by atoms with Crippen LogP contribution in [0.3, 0.4) is 0 Å². The van der Waals surface area contributed by atoms with Gasteiger partial charge < -0.3 is 9.64 Å². The summed E-state index contributed by atoms with van der Waals surface area (Å²) < 4.78 is 5.20.